The van der Waals surface area contributed by atoms with Gasteiger partial charge >= 0.3 is 11.9 Å². The number of sulfonamides is 1. The second-order valence-corrected chi connectivity index (χ2v) is 7.13. The fourth-order valence-corrected chi connectivity index (χ4v) is 3.64. The van der Waals surface area contributed by atoms with Gasteiger partial charge in [0.15, 0.2) is 0 Å². The molecule has 2 rings (SSSR count). The highest BCUT2D eigenvalue weighted by molar-refractivity contribution is 7.94. The summed E-state index contributed by atoms with van der Waals surface area (Å²) in [7, 11) is -1.34. The maximum Gasteiger partial charge on any atom is 0.500 e. The van der Waals surface area contributed by atoms with E-state index in [1.54, 1.807) is 19.1 Å². The molecular weight excluding hydrogens is 306 g/mol. The molecule has 22 heavy (non-hydrogen) atoms. The van der Waals surface area contributed by atoms with E-state index in [1.807, 2.05) is 13.0 Å². The van der Waals surface area contributed by atoms with Gasteiger partial charge in [0, 0.05) is 0 Å². The number of rotatable bonds is 3. The van der Waals surface area contributed by atoms with Crippen LogP contribution in [0.3, 0.4) is 0 Å². The summed E-state index contributed by atoms with van der Waals surface area (Å²) in [5.74, 6) is -0.777. The van der Waals surface area contributed by atoms with E-state index in [2.05, 4.69) is 4.72 Å². The predicted octanol–water partition coefficient (Wildman–Crippen LogP) is 0.719. The minimum absolute atomic E-state index is 0.411. The number of aryl methyl sites for hydroxylation is 2. The Morgan fingerprint density at radius 1 is 1.23 bits per heavy atom. The first-order chi connectivity index (χ1) is 10.1. The molecule has 7 nitrogen and oxygen atoms in total. The Balaban J connectivity index is 2.38. The van der Waals surface area contributed by atoms with Crippen LogP contribution in [0.4, 0.5) is 10.5 Å². The number of urea groups is 1. The first-order valence-electron chi connectivity index (χ1n) is 6.61. The number of anilines is 1. The van der Waals surface area contributed by atoms with Crippen molar-refractivity contribution in [2.24, 2.45) is 0 Å². The van der Waals surface area contributed by atoms with Crippen LogP contribution in [0.25, 0.3) is 0 Å². The van der Waals surface area contributed by atoms with E-state index >= 15 is 0 Å². The second-order valence-electron chi connectivity index (χ2n) is 5.33. The molecule has 118 valence electrons. The van der Waals surface area contributed by atoms with Crippen molar-refractivity contribution in [3.8, 4) is 0 Å². The van der Waals surface area contributed by atoms with E-state index in [9.17, 15) is 18.0 Å². The highest BCUT2D eigenvalue weighted by Crippen LogP contribution is 2.20. The van der Waals surface area contributed by atoms with Crippen LogP contribution in [-0.2, 0) is 14.8 Å². The number of imide groups is 1. The average Bonchev–Trinajstić information content (AvgIpc) is 2.43. The molecule has 1 aromatic carbocycles. The normalized spacial score (nSPS) is 19.2. The average molecular weight is 324 g/mol. The molecule has 0 aromatic heterocycles. The molecule has 0 saturated heterocycles. The van der Waals surface area contributed by atoms with E-state index in [4.69, 9.17) is 0 Å². The Labute approximate surface area is 129 Å². The van der Waals surface area contributed by atoms with Gasteiger partial charge in [0.2, 0.25) is 5.25 Å². The predicted molar refractivity (Wildman–Crippen MR) is 82.7 cm³/mol. The number of hydrogen-bond acceptors (Lipinski definition) is 4. The highest BCUT2D eigenvalue weighted by atomic mass is 32.2. The molecular formula is C14H18N3O4S+. The summed E-state index contributed by atoms with van der Waals surface area (Å²) in [6.45, 7) is 3.68. The van der Waals surface area contributed by atoms with Crippen molar-refractivity contribution in [2.75, 3.05) is 18.8 Å². The van der Waals surface area contributed by atoms with E-state index < -0.39 is 27.2 Å². The van der Waals surface area contributed by atoms with Gasteiger partial charge in [-0.2, -0.15) is 9.69 Å². The van der Waals surface area contributed by atoms with Gasteiger partial charge in [0.25, 0.3) is 10.0 Å². The van der Waals surface area contributed by atoms with E-state index in [0.717, 1.165) is 26.8 Å². The zero-order valence-electron chi connectivity index (χ0n) is 12.8. The fraction of sp³-hybridized carbons (Fsp3) is 0.357. The molecule has 0 fully saturated rings. The van der Waals surface area contributed by atoms with Crippen molar-refractivity contribution in [3.05, 3.63) is 29.3 Å². The van der Waals surface area contributed by atoms with Gasteiger partial charge < -0.3 is 0 Å². The number of nitrogens with one attached hydrogen (secondary N) is 1. The number of carbonyl (C=O) groups is 2. The smallest absolute Gasteiger partial charge is 0.282 e. The number of hydrogen-bond donors (Lipinski definition) is 1. The standard InChI is InChI=1S/C14H18N3O4S/c1-9-5-6-11(10(2)7-9)15-22(20,21)12-8-16(3)14(19)17(4)13(12)18/h5-8,12,15H,1-4H3/q+1. The van der Waals surface area contributed by atoms with Crippen molar-refractivity contribution in [1.29, 1.82) is 0 Å². The highest BCUT2D eigenvalue weighted by Gasteiger charge is 2.46. The van der Waals surface area contributed by atoms with Crippen LogP contribution in [0.1, 0.15) is 11.1 Å². The van der Waals surface area contributed by atoms with Crippen LogP contribution in [0.5, 0.6) is 0 Å². The Morgan fingerprint density at radius 3 is 2.45 bits per heavy atom. The zero-order valence-corrected chi connectivity index (χ0v) is 13.6. The Morgan fingerprint density at radius 2 is 1.86 bits per heavy atom. The maximum atomic E-state index is 12.5. The molecule has 0 aliphatic carbocycles. The molecule has 1 aliphatic rings. The lowest BCUT2D eigenvalue weighted by Gasteiger charge is -2.20. The van der Waals surface area contributed by atoms with Crippen LogP contribution >= 0.6 is 0 Å². The fourth-order valence-electron chi connectivity index (χ4n) is 2.21. The summed E-state index contributed by atoms with van der Waals surface area (Å²) in [5.41, 5.74) is 2.17. The van der Waals surface area contributed by atoms with Crippen LogP contribution in [0.2, 0.25) is 0 Å². The van der Waals surface area contributed by atoms with Gasteiger partial charge in [-0.25, -0.2) is 17.8 Å². The monoisotopic (exact) mass is 324 g/mol. The summed E-state index contributed by atoms with van der Waals surface area (Å²) < 4.78 is 28.5. The first-order valence-corrected chi connectivity index (χ1v) is 8.16. The van der Waals surface area contributed by atoms with Gasteiger partial charge in [-0.3, -0.25) is 4.72 Å². The third kappa shape index (κ3) is 2.87. The van der Waals surface area contributed by atoms with Crippen LogP contribution < -0.4 is 4.72 Å². The van der Waals surface area contributed by atoms with Crippen molar-refractivity contribution < 1.29 is 22.6 Å². The minimum atomic E-state index is -4.00. The summed E-state index contributed by atoms with van der Waals surface area (Å²) in [6.07, 6.45) is 1.11. The Kier molecular flexibility index (Phi) is 4.06. The molecule has 1 unspecified atom stereocenters. The van der Waals surface area contributed by atoms with Crippen molar-refractivity contribution in [2.45, 2.75) is 19.1 Å². The SMILES string of the molecule is Cc1ccc(NS(=O)(=O)C2C=[N+](C)C(=O)N(C)C2=O)c(C)c1. The van der Waals surface area contributed by atoms with Crippen LogP contribution in [-0.4, -0.2) is 55.4 Å². The second kappa shape index (κ2) is 5.53. The maximum absolute atomic E-state index is 12.5. The minimum Gasteiger partial charge on any atom is -0.282 e. The largest absolute Gasteiger partial charge is 0.500 e. The lowest BCUT2D eigenvalue weighted by atomic mass is 10.1. The summed E-state index contributed by atoms with van der Waals surface area (Å²) in [6, 6.07) is 4.70. The molecule has 1 atom stereocenters. The number of nitrogens with zero attached hydrogens (tertiary/aromatic N) is 2. The summed E-state index contributed by atoms with van der Waals surface area (Å²) in [5, 5.41) is -1.44. The lowest BCUT2D eigenvalue weighted by molar-refractivity contribution is -0.399. The lowest BCUT2D eigenvalue weighted by Crippen LogP contribution is -2.54. The first kappa shape index (κ1) is 16.2. The van der Waals surface area contributed by atoms with Gasteiger partial charge in [-0.1, -0.05) is 17.7 Å². The van der Waals surface area contributed by atoms with Crippen LogP contribution in [0.15, 0.2) is 18.2 Å². The number of amides is 3. The molecule has 0 saturated carbocycles. The van der Waals surface area contributed by atoms with Gasteiger partial charge in [-0.05, 0) is 25.5 Å². The van der Waals surface area contributed by atoms with Crippen molar-refractivity contribution in [1.82, 2.24) is 4.90 Å². The third-order valence-corrected chi connectivity index (χ3v) is 4.99. The molecule has 0 spiro atoms. The topological polar surface area (TPSA) is 86.6 Å². The van der Waals surface area contributed by atoms with Crippen molar-refractivity contribution in [3.63, 3.8) is 0 Å². The van der Waals surface area contributed by atoms with Gasteiger partial charge in [-0.15, -0.1) is 0 Å². The molecule has 0 radical (unpaired) electrons. The van der Waals surface area contributed by atoms with E-state index in [0.29, 0.717) is 5.69 Å². The third-order valence-electron chi connectivity index (χ3n) is 3.49. The molecule has 0 bridgehead atoms. The number of benzene rings is 1. The zero-order chi connectivity index (χ0) is 16.7. The van der Waals surface area contributed by atoms with Crippen LogP contribution in [0, 0.1) is 13.8 Å². The quantitative estimate of drug-likeness (QED) is 0.830. The molecule has 1 aliphatic heterocycles. The summed E-state index contributed by atoms with van der Waals surface area (Å²) in [4.78, 5) is 24.5. The molecule has 1 aromatic rings. The van der Waals surface area contributed by atoms with Gasteiger partial charge in [0.1, 0.15) is 6.21 Å². The Bertz CT molecular complexity index is 783. The molecule has 1 N–H and O–H groups in total. The molecule has 8 heteroatoms. The molecule has 1 heterocycles. The molecule has 3 amide bonds. The van der Waals surface area contributed by atoms with E-state index in [-0.39, 0.29) is 0 Å². The van der Waals surface area contributed by atoms with E-state index in [1.165, 1.54) is 14.1 Å². The summed E-state index contributed by atoms with van der Waals surface area (Å²) >= 11 is 0. The Hall–Kier alpha value is -2.22. The number of carbonyl (C=O) groups excluding carboxylic acids is 2. The van der Waals surface area contributed by atoms with Crippen molar-refractivity contribution >= 4 is 33.9 Å². The van der Waals surface area contributed by atoms with Gasteiger partial charge in [0.05, 0.1) is 19.8 Å².